The topological polar surface area (TPSA) is 34.1 Å². The van der Waals surface area contributed by atoms with Gasteiger partial charge in [-0.1, -0.05) is 56.2 Å². The lowest BCUT2D eigenvalue weighted by Crippen LogP contribution is -1.97. The number of hydrogen-bond acceptors (Lipinski definition) is 2. The van der Waals surface area contributed by atoms with E-state index in [0.717, 1.165) is 32.0 Å². The van der Waals surface area contributed by atoms with Gasteiger partial charge in [0.25, 0.3) is 0 Å². The van der Waals surface area contributed by atoms with Crippen LogP contribution in [0.5, 0.6) is 0 Å². The highest BCUT2D eigenvalue weighted by Crippen LogP contribution is 2.04. The van der Waals surface area contributed by atoms with Crippen molar-refractivity contribution in [3.8, 4) is 0 Å². The number of Topliss-reactive ketones (excluding diaryl/α,β-unsaturated/α-hetero) is 1. The van der Waals surface area contributed by atoms with Gasteiger partial charge in [0.1, 0.15) is 12.1 Å². The molecule has 0 radical (unpaired) electrons. The van der Waals surface area contributed by atoms with Gasteiger partial charge in [-0.3, -0.25) is 4.79 Å². The van der Waals surface area contributed by atoms with Crippen molar-refractivity contribution in [2.45, 2.75) is 64.7 Å². The second-order valence-corrected chi connectivity index (χ2v) is 4.87. The van der Waals surface area contributed by atoms with Gasteiger partial charge in [0.2, 0.25) is 0 Å². The molecule has 0 aromatic rings. The van der Waals surface area contributed by atoms with E-state index < -0.39 is 0 Å². The zero-order chi connectivity index (χ0) is 14.9. The quantitative estimate of drug-likeness (QED) is 0.271. The van der Waals surface area contributed by atoms with E-state index in [1.54, 1.807) is 0 Å². The summed E-state index contributed by atoms with van der Waals surface area (Å²) in [6.07, 6.45) is 21.4. The van der Waals surface area contributed by atoms with Gasteiger partial charge in [-0.05, 0) is 25.7 Å². The van der Waals surface area contributed by atoms with Crippen molar-refractivity contribution in [1.82, 2.24) is 0 Å². The molecular formula is C18H28O2. The van der Waals surface area contributed by atoms with E-state index in [0.29, 0.717) is 19.3 Å². The summed E-state index contributed by atoms with van der Waals surface area (Å²) in [7, 11) is 0. The molecule has 0 N–H and O–H groups in total. The van der Waals surface area contributed by atoms with Gasteiger partial charge < -0.3 is 4.79 Å². The molecule has 0 saturated heterocycles. The van der Waals surface area contributed by atoms with Gasteiger partial charge in [-0.25, -0.2) is 0 Å². The molecule has 0 atom stereocenters. The fraction of sp³-hybridized carbons (Fsp3) is 0.556. The molecular weight excluding hydrogens is 248 g/mol. The molecule has 0 aromatic heterocycles. The number of allylic oxidation sites excluding steroid dienone is 6. The molecule has 0 saturated carbocycles. The van der Waals surface area contributed by atoms with Crippen LogP contribution >= 0.6 is 0 Å². The van der Waals surface area contributed by atoms with Crippen molar-refractivity contribution in [2.75, 3.05) is 0 Å². The predicted octanol–water partition coefficient (Wildman–Crippen LogP) is 4.95. The highest BCUT2D eigenvalue weighted by Gasteiger charge is 1.99. The van der Waals surface area contributed by atoms with E-state index in [-0.39, 0.29) is 5.78 Å². The molecule has 0 spiro atoms. The Morgan fingerprint density at radius 3 is 2.05 bits per heavy atom. The van der Waals surface area contributed by atoms with Crippen LogP contribution in [0.4, 0.5) is 0 Å². The Morgan fingerprint density at radius 1 is 0.800 bits per heavy atom. The first-order valence-corrected chi connectivity index (χ1v) is 7.75. The maximum atomic E-state index is 11.3. The van der Waals surface area contributed by atoms with Gasteiger partial charge in [0, 0.05) is 19.3 Å². The smallest absolute Gasteiger partial charge is 0.133 e. The first kappa shape index (κ1) is 18.6. The summed E-state index contributed by atoms with van der Waals surface area (Å²) in [6.45, 7) is 2.20. The summed E-state index contributed by atoms with van der Waals surface area (Å²) in [5.41, 5.74) is 0. The lowest BCUT2D eigenvalue weighted by molar-refractivity contribution is -0.120. The van der Waals surface area contributed by atoms with Gasteiger partial charge in [-0.2, -0.15) is 0 Å². The maximum absolute atomic E-state index is 11.3. The van der Waals surface area contributed by atoms with Gasteiger partial charge >= 0.3 is 0 Å². The summed E-state index contributed by atoms with van der Waals surface area (Å²) in [5, 5.41) is 0. The number of hydrogen-bond donors (Lipinski definition) is 0. The molecule has 0 rings (SSSR count). The van der Waals surface area contributed by atoms with Crippen LogP contribution in [0.1, 0.15) is 64.7 Å². The molecule has 0 aromatic carbocycles. The van der Waals surface area contributed by atoms with Crippen LogP contribution in [-0.4, -0.2) is 12.1 Å². The van der Waals surface area contributed by atoms with E-state index in [2.05, 4.69) is 37.3 Å². The second-order valence-electron chi connectivity index (χ2n) is 4.87. The first-order valence-electron chi connectivity index (χ1n) is 7.75. The Balaban J connectivity index is 3.43. The molecule has 2 heteroatoms. The van der Waals surface area contributed by atoms with Crippen LogP contribution in [0.3, 0.4) is 0 Å². The largest absolute Gasteiger partial charge is 0.303 e. The van der Waals surface area contributed by atoms with E-state index in [1.165, 1.54) is 12.8 Å². The minimum atomic E-state index is 0.207. The molecule has 0 unspecified atom stereocenters. The third kappa shape index (κ3) is 14.6. The maximum Gasteiger partial charge on any atom is 0.133 e. The van der Waals surface area contributed by atoms with Crippen molar-refractivity contribution in [3.63, 3.8) is 0 Å². The second kappa shape index (κ2) is 15.6. The monoisotopic (exact) mass is 276 g/mol. The molecule has 0 aliphatic carbocycles. The third-order valence-electron chi connectivity index (χ3n) is 2.95. The SMILES string of the molecule is CCCC/C=C/C=C/C=C/CCCCC(=O)CCC=O. The Morgan fingerprint density at radius 2 is 1.45 bits per heavy atom. The van der Waals surface area contributed by atoms with Gasteiger partial charge in [-0.15, -0.1) is 0 Å². The van der Waals surface area contributed by atoms with Gasteiger partial charge in [0.05, 0.1) is 0 Å². The van der Waals surface area contributed by atoms with Crippen LogP contribution in [0.15, 0.2) is 36.5 Å². The van der Waals surface area contributed by atoms with Crippen molar-refractivity contribution in [2.24, 2.45) is 0 Å². The lowest BCUT2D eigenvalue weighted by atomic mass is 10.1. The summed E-state index contributed by atoms with van der Waals surface area (Å²) >= 11 is 0. The van der Waals surface area contributed by atoms with Crippen molar-refractivity contribution in [1.29, 1.82) is 0 Å². The number of ketones is 1. The fourth-order valence-corrected chi connectivity index (χ4v) is 1.73. The number of carbonyl (C=O) groups excluding carboxylic acids is 2. The van der Waals surface area contributed by atoms with E-state index >= 15 is 0 Å². The van der Waals surface area contributed by atoms with Crippen LogP contribution in [0.2, 0.25) is 0 Å². The molecule has 0 amide bonds. The summed E-state index contributed by atoms with van der Waals surface area (Å²) in [5.74, 6) is 0.207. The third-order valence-corrected chi connectivity index (χ3v) is 2.95. The highest BCUT2D eigenvalue weighted by atomic mass is 16.1. The Hall–Kier alpha value is -1.44. The normalized spacial score (nSPS) is 11.8. The molecule has 112 valence electrons. The van der Waals surface area contributed by atoms with Crippen molar-refractivity contribution < 1.29 is 9.59 Å². The molecule has 0 bridgehead atoms. The number of aldehydes is 1. The van der Waals surface area contributed by atoms with Crippen molar-refractivity contribution in [3.05, 3.63) is 36.5 Å². The minimum Gasteiger partial charge on any atom is -0.303 e. The average molecular weight is 276 g/mol. The molecule has 0 aliphatic heterocycles. The van der Waals surface area contributed by atoms with Crippen molar-refractivity contribution >= 4 is 12.1 Å². The van der Waals surface area contributed by atoms with E-state index in [1.807, 2.05) is 6.08 Å². The molecule has 20 heavy (non-hydrogen) atoms. The summed E-state index contributed by atoms with van der Waals surface area (Å²) in [4.78, 5) is 21.4. The predicted molar refractivity (Wildman–Crippen MR) is 85.7 cm³/mol. The lowest BCUT2D eigenvalue weighted by Gasteiger charge is -1.96. The molecule has 0 heterocycles. The van der Waals surface area contributed by atoms with Crippen LogP contribution in [-0.2, 0) is 9.59 Å². The van der Waals surface area contributed by atoms with Crippen LogP contribution in [0, 0.1) is 0 Å². The first-order chi connectivity index (χ1) is 9.81. The summed E-state index contributed by atoms with van der Waals surface area (Å²) in [6, 6.07) is 0. The molecule has 2 nitrogen and oxygen atoms in total. The number of unbranched alkanes of at least 4 members (excludes halogenated alkanes) is 4. The Kier molecular flexibility index (Phi) is 14.5. The van der Waals surface area contributed by atoms with E-state index in [4.69, 9.17) is 0 Å². The highest BCUT2D eigenvalue weighted by molar-refractivity contribution is 5.80. The van der Waals surface area contributed by atoms with E-state index in [9.17, 15) is 9.59 Å². The van der Waals surface area contributed by atoms with Crippen LogP contribution < -0.4 is 0 Å². The standard InChI is InChI=1S/C18H28O2/c1-2-3-4-5-6-7-8-9-10-11-12-13-15-18(20)16-14-17-19/h5-10,17H,2-4,11-16H2,1H3/b6-5+,8-7+,10-9+. The van der Waals surface area contributed by atoms with Gasteiger partial charge in [0.15, 0.2) is 0 Å². The number of rotatable bonds is 13. The fourth-order valence-electron chi connectivity index (χ4n) is 1.73. The molecule has 0 fully saturated rings. The average Bonchev–Trinajstić information content (AvgIpc) is 2.46. The zero-order valence-corrected chi connectivity index (χ0v) is 12.7. The summed E-state index contributed by atoms with van der Waals surface area (Å²) < 4.78 is 0. The molecule has 0 aliphatic rings. The Labute approximate surface area is 123 Å². The Bertz CT molecular complexity index is 324. The number of carbonyl (C=O) groups is 2. The van der Waals surface area contributed by atoms with Crippen LogP contribution in [0.25, 0.3) is 0 Å². The minimum absolute atomic E-state index is 0.207. The zero-order valence-electron chi connectivity index (χ0n) is 12.7.